The van der Waals surface area contributed by atoms with E-state index in [9.17, 15) is 9.90 Å². The van der Waals surface area contributed by atoms with E-state index in [4.69, 9.17) is 19.1 Å². The van der Waals surface area contributed by atoms with Gasteiger partial charge in [0.2, 0.25) is 0 Å². The number of carbonyl (C=O) groups is 1. The first kappa shape index (κ1) is 24.1. The van der Waals surface area contributed by atoms with Crippen LogP contribution in [0, 0.1) is 5.92 Å². The Balaban J connectivity index is 1.44. The molecule has 0 saturated carbocycles. The smallest absolute Gasteiger partial charge is 0.328 e. The minimum Gasteiger partial charge on any atom is -0.467 e. The molecule has 9 nitrogen and oxygen atoms in total. The maximum Gasteiger partial charge on any atom is 0.328 e. The molecule has 0 bridgehead atoms. The fraction of sp³-hybridized carbons (Fsp3) is 0.480. The number of methoxy groups -OCH3 is 1. The highest BCUT2D eigenvalue weighted by Gasteiger charge is 2.25. The molecule has 3 aromatic rings. The summed E-state index contributed by atoms with van der Waals surface area (Å²) >= 11 is 0. The molecule has 1 saturated heterocycles. The molecule has 3 heterocycles. The van der Waals surface area contributed by atoms with E-state index in [2.05, 4.69) is 15.1 Å². The highest BCUT2D eigenvalue weighted by atomic mass is 16.5. The summed E-state index contributed by atoms with van der Waals surface area (Å²) in [5, 5.41) is 13.4. The molecule has 0 amide bonds. The number of benzene rings is 1. The number of fused-ring (bicyclic) bond motifs is 1. The van der Waals surface area contributed by atoms with Gasteiger partial charge < -0.3 is 19.6 Å². The van der Waals surface area contributed by atoms with Gasteiger partial charge in [-0.2, -0.15) is 0 Å². The van der Waals surface area contributed by atoms with Crippen molar-refractivity contribution in [3.63, 3.8) is 0 Å². The second-order valence-corrected chi connectivity index (χ2v) is 8.97. The molecule has 9 heteroatoms. The maximum atomic E-state index is 12.3. The van der Waals surface area contributed by atoms with Crippen LogP contribution in [0.3, 0.4) is 0 Å². The van der Waals surface area contributed by atoms with Crippen molar-refractivity contribution < 1.29 is 19.1 Å². The Kier molecular flexibility index (Phi) is 7.77. The van der Waals surface area contributed by atoms with Gasteiger partial charge in [-0.05, 0) is 30.2 Å². The summed E-state index contributed by atoms with van der Waals surface area (Å²) in [6.45, 7) is 8.85. The van der Waals surface area contributed by atoms with Gasteiger partial charge in [-0.25, -0.2) is 14.8 Å². The molecule has 0 aliphatic carbocycles. The lowest BCUT2D eigenvalue weighted by Gasteiger charge is -2.33. The molecule has 182 valence electrons. The van der Waals surface area contributed by atoms with E-state index in [1.165, 1.54) is 7.11 Å². The Morgan fingerprint density at radius 3 is 2.38 bits per heavy atom. The van der Waals surface area contributed by atoms with Crippen LogP contribution in [0.2, 0.25) is 0 Å². The molecule has 1 atom stereocenters. The van der Waals surface area contributed by atoms with Crippen molar-refractivity contribution >= 4 is 22.7 Å². The predicted octanol–water partition coefficient (Wildman–Crippen LogP) is 2.64. The zero-order valence-corrected chi connectivity index (χ0v) is 20.0. The molecule has 34 heavy (non-hydrogen) atoms. The number of ether oxygens (including phenoxy) is 1. The molecule has 2 N–H and O–H groups in total. The molecule has 2 aromatic heterocycles. The van der Waals surface area contributed by atoms with Crippen LogP contribution in [0.15, 0.2) is 40.8 Å². The van der Waals surface area contributed by atoms with Crippen molar-refractivity contribution in [2.75, 3.05) is 38.6 Å². The third-order valence-corrected chi connectivity index (χ3v) is 6.15. The van der Waals surface area contributed by atoms with Crippen LogP contribution in [0.4, 0.5) is 5.82 Å². The molecule has 1 fully saturated rings. The van der Waals surface area contributed by atoms with E-state index in [0.29, 0.717) is 18.1 Å². The number of furan rings is 1. The lowest BCUT2D eigenvalue weighted by Crippen LogP contribution is -2.45. The molecule has 0 radical (unpaired) electrons. The average molecular weight is 468 g/mol. The summed E-state index contributed by atoms with van der Waals surface area (Å²) in [5.41, 5.74) is 0.846. The second-order valence-electron chi connectivity index (χ2n) is 8.97. The average Bonchev–Trinajstić information content (AvgIpc) is 3.30. The molecule has 0 unspecified atom stereocenters. The lowest BCUT2D eigenvalue weighted by molar-refractivity contribution is -0.142. The monoisotopic (exact) mass is 467 g/mol. The Morgan fingerprint density at radius 1 is 1.06 bits per heavy atom. The van der Waals surface area contributed by atoms with Gasteiger partial charge in [-0.3, -0.25) is 9.80 Å². The standard InChI is InChI=1S/C25H33N5O4/c1-17(2)23(25(32)33-3)28-24-20-6-4-5-7-21(20)26-22(27-24)15-30-12-10-29(11-13-30)14-18-8-9-19(16-31)34-18/h4-9,17,23,31H,10-16H2,1-3H3,(H,26,27,28)/t23-/m0/s1. The molecule has 1 aromatic carbocycles. The first-order valence-corrected chi connectivity index (χ1v) is 11.7. The summed E-state index contributed by atoms with van der Waals surface area (Å²) in [5.74, 6) is 2.58. The minimum atomic E-state index is -0.493. The second kappa shape index (κ2) is 10.9. The van der Waals surface area contributed by atoms with Gasteiger partial charge in [0.25, 0.3) is 0 Å². The third-order valence-electron chi connectivity index (χ3n) is 6.15. The van der Waals surface area contributed by atoms with Gasteiger partial charge in [-0.15, -0.1) is 0 Å². The number of para-hydroxylation sites is 1. The number of esters is 1. The number of aromatic nitrogens is 2. The summed E-state index contributed by atoms with van der Waals surface area (Å²) < 4.78 is 10.6. The SMILES string of the molecule is COC(=O)[C@@H](Nc1nc(CN2CCN(Cc3ccc(CO)o3)CC2)nc2ccccc12)C(C)C. The molecule has 1 aliphatic heterocycles. The van der Waals surface area contributed by atoms with Crippen molar-refractivity contribution in [2.24, 2.45) is 5.92 Å². The van der Waals surface area contributed by atoms with Crippen LogP contribution in [0.5, 0.6) is 0 Å². The number of nitrogens with one attached hydrogen (secondary N) is 1. The third kappa shape index (κ3) is 5.72. The van der Waals surface area contributed by atoms with Gasteiger partial charge in [0, 0.05) is 31.6 Å². The fourth-order valence-corrected chi connectivity index (χ4v) is 4.20. The molecular formula is C25H33N5O4. The summed E-state index contributed by atoms with van der Waals surface area (Å²) in [4.78, 5) is 26.6. The maximum absolute atomic E-state index is 12.3. The topological polar surface area (TPSA) is 104 Å². The largest absolute Gasteiger partial charge is 0.467 e. The van der Waals surface area contributed by atoms with E-state index >= 15 is 0 Å². The normalized spacial score (nSPS) is 16.1. The van der Waals surface area contributed by atoms with E-state index in [1.54, 1.807) is 0 Å². The quantitative estimate of drug-likeness (QED) is 0.460. The van der Waals surface area contributed by atoms with Gasteiger partial charge in [0.15, 0.2) is 0 Å². The number of aliphatic hydroxyl groups is 1. The van der Waals surface area contributed by atoms with Crippen LogP contribution in [-0.2, 0) is 29.2 Å². The number of nitrogens with zero attached hydrogens (tertiary/aromatic N) is 4. The first-order chi connectivity index (χ1) is 16.5. The number of hydrogen-bond donors (Lipinski definition) is 2. The molecular weight excluding hydrogens is 434 g/mol. The highest BCUT2D eigenvalue weighted by molar-refractivity contribution is 5.91. The van der Waals surface area contributed by atoms with Crippen molar-refractivity contribution in [1.29, 1.82) is 0 Å². The Morgan fingerprint density at radius 2 is 1.74 bits per heavy atom. The Labute approximate surface area is 199 Å². The van der Waals surface area contributed by atoms with Crippen LogP contribution < -0.4 is 5.32 Å². The van der Waals surface area contributed by atoms with Gasteiger partial charge >= 0.3 is 5.97 Å². The zero-order chi connectivity index (χ0) is 24.1. The Hall–Kier alpha value is -3.01. The van der Waals surface area contributed by atoms with Gasteiger partial charge in [0.05, 0.1) is 25.7 Å². The van der Waals surface area contributed by atoms with E-state index in [0.717, 1.165) is 55.2 Å². The van der Waals surface area contributed by atoms with Crippen LogP contribution in [0.25, 0.3) is 10.9 Å². The number of piperazine rings is 1. The molecule has 0 spiro atoms. The van der Waals surface area contributed by atoms with Crippen molar-refractivity contribution in [3.05, 3.63) is 53.7 Å². The van der Waals surface area contributed by atoms with Gasteiger partial charge in [0.1, 0.15) is 35.8 Å². The summed E-state index contributed by atoms with van der Waals surface area (Å²) in [6.07, 6.45) is 0. The number of hydrogen-bond acceptors (Lipinski definition) is 9. The molecule has 4 rings (SSSR count). The van der Waals surface area contributed by atoms with Crippen LogP contribution >= 0.6 is 0 Å². The fourth-order valence-electron chi connectivity index (χ4n) is 4.20. The number of aliphatic hydroxyl groups excluding tert-OH is 1. The number of anilines is 1. The highest BCUT2D eigenvalue weighted by Crippen LogP contribution is 2.23. The predicted molar refractivity (Wildman–Crippen MR) is 129 cm³/mol. The number of rotatable bonds is 9. The van der Waals surface area contributed by atoms with Crippen molar-refractivity contribution in [2.45, 2.75) is 39.6 Å². The van der Waals surface area contributed by atoms with E-state index in [1.807, 2.05) is 50.2 Å². The van der Waals surface area contributed by atoms with Crippen molar-refractivity contribution in [3.8, 4) is 0 Å². The zero-order valence-electron chi connectivity index (χ0n) is 20.0. The van der Waals surface area contributed by atoms with E-state index in [-0.39, 0.29) is 18.5 Å². The van der Waals surface area contributed by atoms with Crippen LogP contribution in [-0.4, -0.2) is 70.2 Å². The Bertz CT molecular complexity index is 1110. The summed E-state index contributed by atoms with van der Waals surface area (Å²) in [7, 11) is 1.40. The summed E-state index contributed by atoms with van der Waals surface area (Å²) in [6, 6.07) is 11.1. The first-order valence-electron chi connectivity index (χ1n) is 11.7. The van der Waals surface area contributed by atoms with Gasteiger partial charge in [-0.1, -0.05) is 26.0 Å². The minimum absolute atomic E-state index is 0.0420. The van der Waals surface area contributed by atoms with Crippen LogP contribution in [0.1, 0.15) is 31.2 Å². The number of carbonyl (C=O) groups excluding carboxylic acids is 1. The van der Waals surface area contributed by atoms with Crippen molar-refractivity contribution in [1.82, 2.24) is 19.8 Å². The van der Waals surface area contributed by atoms with E-state index < -0.39 is 6.04 Å². The lowest BCUT2D eigenvalue weighted by atomic mass is 10.0. The molecule has 1 aliphatic rings.